The van der Waals surface area contributed by atoms with Crippen LogP contribution in [0.3, 0.4) is 0 Å². The van der Waals surface area contributed by atoms with Crippen LogP contribution in [0.4, 0.5) is 10.5 Å². The molecule has 2 bridgehead atoms. The van der Waals surface area contributed by atoms with Gasteiger partial charge in [-0.15, -0.1) is 0 Å². The van der Waals surface area contributed by atoms with Gasteiger partial charge in [0.1, 0.15) is 11.9 Å². The number of rotatable bonds is 4. The normalized spacial score (nSPS) is 25.9. The van der Waals surface area contributed by atoms with Crippen LogP contribution in [0, 0.1) is 23.2 Å². The molecule has 2 unspecified atom stereocenters. The van der Waals surface area contributed by atoms with Gasteiger partial charge in [0.15, 0.2) is 0 Å². The number of anilines is 1. The van der Waals surface area contributed by atoms with Crippen molar-refractivity contribution < 1.29 is 17.9 Å². The molecule has 3 atom stereocenters. The van der Waals surface area contributed by atoms with Crippen molar-refractivity contribution >= 4 is 21.7 Å². The first kappa shape index (κ1) is 21.7. The van der Waals surface area contributed by atoms with Crippen molar-refractivity contribution in [2.24, 2.45) is 11.8 Å². The second-order valence-electron chi connectivity index (χ2n) is 8.76. The predicted octanol–water partition coefficient (Wildman–Crippen LogP) is 1.07. The highest BCUT2D eigenvalue weighted by Gasteiger charge is 2.38. The van der Waals surface area contributed by atoms with Gasteiger partial charge < -0.3 is 15.0 Å². The van der Waals surface area contributed by atoms with Crippen LogP contribution in [0.15, 0.2) is 18.2 Å². The largest absolute Gasteiger partial charge is 0.485 e. The first-order valence-corrected chi connectivity index (χ1v) is 12.5. The number of likely N-dealkylation sites (tertiary alicyclic amines) is 2. The molecule has 0 aromatic heterocycles. The summed E-state index contributed by atoms with van der Waals surface area (Å²) in [5.74, 6) is 1.31. The highest BCUT2D eigenvalue weighted by Crippen LogP contribution is 2.36. The second-order valence-corrected chi connectivity index (χ2v) is 10.7. The lowest BCUT2D eigenvalue weighted by molar-refractivity contribution is 0.0264. The van der Waals surface area contributed by atoms with Crippen LogP contribution in [0.1, 0.15) is 18.9 Å². The number of sulfonamides is 1. The number of benzene rings is 1. The molecule has 0 aliphatic carbocycles. The molecule has 2 saturated heterocycles. The molecule has 2 amide bonds. The van der Waals surface area contributed by atoms with E-state index in [1.807, 2.05) is 11.8 Å². The zero-order valence-electron chi connectivity index (χ0n) is 18.0. The van der Waals surface area contributed by atoms with Crippen LogP contribution in [-0.2, 0) is 10.0 Å². The number of nitrogens with one attached hydrogen (secondary N) is 1. The van der Waals surface area contributed by atoms with Crippen molar-refractivity contribution in [2.75, 3.05) is 56.4 Å². The molecule has 0 radical (unpaired) electrons. The topological polar surface area (TPSA) is 106 Å². The van der Waals surface area contributed by atoms with Crippen LogP contribution in [0.25, 0.3) is 0 Å². The lowest BCUT2D eigenvalue weighted by Gasteiger charge is -2.47. The maximum atomic E-state index is 12.4. The molecule has 0 spiro atoms. The Morgan fingerprint density at radius 3 is 2.55 bits per heavy atom. The molecule has 3 heterocycles. The Labute approximate surface area is 183 Å². The third-order valence-corrected chi connectivity index (χ3v) is 7.30. The number of amides is 2. The van der Waals surface area contributed by atoms with Gasteiger partial charge in [-0.2, -0.15) is 5.26 Å². The summed E-state index contributed by atoms with van der Waals surface area (Å²) in [5.41, 5.74) is 0.820. The molecule has 3 aliphatic heterocycles. The summed E-state index contributed by atoms with van der Waals surface area (Å²) in [4.78, 5) is 16.5. The average molecular weight is 448 g/mol. The third-order valence-electron chi connectivity index (χ3n) is 6.15. The quantitative estimate of drug-likeness (QED) is 0.740. The molecule has 10 heteroatoms. The van der Waals surface area contributed by atoms with E-state index in [4.69, 9.17) is 10.00 Å². The monoisotopic (exact) mass is 447 g/mol. The number of carbonyl (C=O) groups is 1. The molecular weight excluding hydrogens is 418 g/mol. The fourth-order valence-corrected chi connectivity index (χ4v) is 5.98. The number of piperidine rings is 2. The number of carbonyl (C=O) groups excluding carboxylic acids is 1. The highest BCUT2D eigenvalue weighted by molar-refractivity contribution is 7.92. The van der Waals surface area contributed by atoms with Crippen molar-refractivity contribution in [1.29, 1.82) is 5.26 Å². The number of nitrogens with zero attached hydrogens (tertiary/aromatic N) is 4. The molecule has 3 aliphatic rings. The summed E-state index contributed by atoms with van der Waals surface area (Å²) in [6.07, 6.45) is 2.00. The summed E-state index contributed by atoms with van der Waals surface area (Å²) < 4.78 is 32.3. The summed E-state index contributed by atoms with van der Waals surface area (Å²) in [6.45, 7) is 6.63. The first-order valence-electron chi connectivity index (χ1n) is 10.7. The Morgan fingerprint density at radius 1 is 1.23 bits per heavy atom. The molecule has 0 saturated carbocycles. The van der Waals surface area contributed by atoms with Gasteiger partial charge in [-0.25, -0.2) is 13.2 Å². The van der Waals surface area contributed by atoms with Crippen LogP contribution in [0.5, 0.6) is 5.75 Å². The van der Waals surface area contributed by atoms with E-state index in [0.29, 0.717) is 41.9 Å². The van der Waals surface area contributed by atoms with Crippen LogP contribution >= 0.6 is 0 Å². The highest BCUT2D eigenvalue weighted by atomic mass is 32.2. The number of urea groups is 1. The fraction of sp³-hybridized carbons (Fsp3) is 0.619. The van der Waals surface area contributed by atoms with Gasteiger partial charge >= 0.3 is 6.03 Å². The maximum absolute atomic E-state index is 12.4. The molecule has 1 N–H and O–H groups in total. The number of hydrogen-bond donors (Lipinski definition) is 1. The summed E-state index contributed by atoms with van der Waals surface area (Å²) in [7, 11) is -3.50. The van der Waals surface area contributed by atoms with Crippen LogP contribution < -0.4 is 14.4 Å². The molecule has 9 nitrogen and oxygen atoms in total. The van der Waals surface area contributed by atoms with Crippen LogP contribution in [-0.4, -0.2) is 82.4 Å². The molecule has 4 rings (SSSR count). The minimum Gasteiger partial charge on any atom is -0.485 e. The van der Waals surface area contributed by atoms with Gasteiger partial charge in [-0.1, -0.05) is 0 Å². The molecule has 1 aromatic carbocycles. The van der Waals surface area contributed by atoms with E-state index in [9.17, 15) is 13.2 Å². The van der Waals surface area contributed by atoms with Crippen molar-refractivity contribution in [2.45, 2.75) is 19.4 Å². The number of nitriles is 1. The molecule has 31 heavy (non-hydrogen) atoms. The lowest BCUT2D eigenvalue weighted by Crippen LogP contribution is -2.58. The van der Waals surface area contributed by atoms with E-state index >= 15 is 0 Å². The van der Waals surface area contributed by atoms with Gasteiger partial charge in [0.2, 0.25) is 10.0 Å². The number of fused-ring (bicyclic) bond motifs is 3. The molecular formula is C21H29N5O4S. The lowest BCUT2D eigenvalue weighted by atomic mass is 9.84. The Morgan fingerprint density at radius 2 is 1.94 bits per heavy atom. The smallest absolute Gasteiger partial charge is 0.317 e. The Kier molecular flexibility index (Phi) is 5.99. The third kappa shape index (κ3) is 4.72. The predicted molar refractivity (Wildman–Crippen MR) is 116 cm³/mol. The van der Waals surface area contributed by atoms with E-state index in [2.05, 4.69) is 16.3 Å². The number of hydrogen-bond acceptors (Lipinski definition) is 6. The Balaban J connectivity index is 1.45. The van der Waals surface area contributed by atoms with Gasteiger partial charge in [-0.05, 0) is 43.4 Å². The number of ether oxygens (including phenoxy) is 1. The Hall–Kier alpha value is -2.51. The summed E-state index contributed by atoms with van der Waals surface area (Å²) >= 11 is 0. The van der Waals surface area contributed by atoms with Crippen molar-refractivity contribution in [1.82, 2.24) is 15.1 Å². The van der Waals surface area contributed by atoms with Crippen molar-refractivity contribution in [3.05, 3.63) is 23.8 Å². The van der Waals surface area contributed by atoms with E-state index in [1.54, 1.807) is 18.2 Å². The van der Waals surface area contributed by atoms with Crippen molar-refractivity contribution in [3.63, 3.8) is 0 Å². The molecule has 1 aromatic rings. The zero-order chi connectivity index (χ0) is 22.2. The van der Waals surface area contributed by atoms with Crippen LogP contribution in [0.2, 0.25) is 0 Å². The average Bonchev–Trinajstić information content (AvgIpc) is 2.71. The van der Waals surface area contributed by atoms with Gasteiger partial charge in [0.05, 0.1) is 30.1 Å². The standard InChI is InChI=1S/C21H29N5O4S/c1-3-23-21(27)25-11-16-6-17(12-25)10-24(9-16)13-18-14-26(31(2,28)29)19-7-15(8-22)4-5-20(19)30-18/h4-5,7,16-18H,3,6,9-14H2,1-2H3,(H,23,27)/t16?,17?,18-/m0/s1. The van der Waals surface area contributed by atoms with E-state index in [0.717, 1.165) is 32.6 Å². The van der Waals surface area contributed by atoms with Gasteiger partial charge in [0.25, 0.3) is 0 Å². The van der Waals surface area contributed by atoms with Gasteiger partial charge in [0, 0.05) is 39.3 Å². The van der Waals surface area contributed by atoms with E-state index < -0.39 is 10.0 Å². The van der Waals surface area contributed by atoms with Crippen molar-refractivity contribution in [3.8, 4) is 11.8 Å². The zero-order valence-corrected chi connectivity index (χ0v) is 18.8. The Bertz CT molecular complexity index is 978. The molecule has 168 valence electrons. The minimum absolute atomic E-state index is 0.0124. The first-order chi connectivity index (χ1) is 14.8. The second kappa shape index (κ2) is 8.55. The fourth-order valence-electron chi connectivity index (χ4n) is 5.04. The van der Waals surface area contributed by atoms with E-state index in [1.165, 1.54) is 10.6 Å². The summed E-state index contributed by atoms with van der Waals surface area (Å²) in [6, 6.07) is 6.94. The van der Waals surface area contributed by atoms with Gasteiger partial charge in [-0.3, -0.25) is 9.21 Å². The maximum Gasteiger partial charge on any atom is 0.317 e. The SMILES string of the molecule is CCNC(=O)N1CC2CC(CN(C[C@H]3CN(S(C)(=O)=O)c4cc(C#N)ccc4O3)C2)C1. The molecule has 2 fully saturated rings. The summed E-state index contributed by atoms with van der Waals surface area (Å²) in [5, 5.41) is 12.1. The minimum atomic E-state index is -3.50. The van der Waals surface area contributed by atoms with E-state index in [-0.39, 0.29) is 18.7 Å².